The average molecular weight is 461 g/mol. The molecule has 3 heterocycles. The van der Waals surface area contributed by atoms with Crippen LogP contribution in [0.15, 0.2) is 18.2 Å². The number of carbonyl (C=O) groups is 3. The van der Waals surface area contributed by atoms with Gasteiger partial charge in [-0.3, -0.25) is 14.4 Å². The van der Waals surface area contributed by atoms with Gasteiger partial charge in [0.05, 0.1) is 19.5 Å². The summed E-state index contributed by atoms with van der Waals surface area (Å²) in [6, 6.07) is 5.74. The number of hydrogen-bond donors (Lipinski definition) is 2. The number of anilines is 1. The van der Waals surface area contributed by atoms with Crippen molar-refractivity contribution >= 4 is 23.4 Å². The van der Waals surface area contributed by atoms with E-state index >= 15 is 0 Å². The molecule has 4 aliphatic rings. The van der Waals surface area contributed by atoms with E-state index in [1.165, 1.54) is 30.6 Å². The molecular formula is C24H33ClN4O3. The van der Waals surface area contributed by atoms with Crippen molar-refractivity contribution in [3.63, 3.8) is 0 Å². The molecule has 0 unspecified atom stereocenters. The highest BCUT2D eigenvalue weighted by atomic mass is 35.5. The minimum atomic E-state index is -0.128. The number of rotatable bonds is 4. The second kappa shape index (κ2) is 9.02. The number of nitrogens with one attached hydrogen (secondary N) is 2. The Labute approximate surface area is 195 Å². The van der Waals surface area contributed by atoms with Crippen molar-refractivity contribution in [3.8, 4) is 0 Å². The van der Waals surface area contributed by atoms with Crippen LogP contribution in [0.1, 0.15) is 54.4 Å². The van der Waals surface area contributed by atoms with Gasteiger partial charge in [-0.25, -0.2) is 0 Å². The summed E-state index contributed by atoms with van der Waals surface area (Å²) in [5.41, 5.74) is 3.08. The van der Waals surface area contributed by atoms with Crippen LogP contribution in [0, 0.1) is 5.41 Å². The molecule has 8 heteroatoms. The molecule has 32 heavy (non-hydrogen) atoms. The lowest BCUT2D eigenvalue weighted by Crippen LogP contribution is -3.14. The molecular weight excluding hydrogens is 428 g/mol. The maximum absolute atomic E-state index is 12.8. The van der Waals surface area contributed by atoms with Crippen LogP contribution in [-0.2, 0) is 16.0 Å². The van der Waals surface area contributed by atoms with Crippen LogP contribution >= 0.6 is 0 Å². The molecule has 1 aromatic rings. The number of likely N-dealkylation sites (tertiary alicyclic amines) is 2. The molecule has 3 aliphatic heterocycles. The van der Waals surface area contributed by atoms with Crippen molar-refractivity contribution in [3.05, 3.63) is 29.3 Å². The Hall–Kier alpha value is -2.12. The van der Waals surface area contributed by atoms with Gasteiger partial charge in [0.1, 0.15) is 0 Å². The smallest absolute Gasteiger partial charge is 0.277 e. The van der Waals surface area contributed by atoms with E-state index in [4.69, 9.17) is 0 Å². The third-order valence-corrected chi connectivity index (χ3v) is 8.00. The number of benzene rings is 1. The number of quaternary nitrogens is 1. The van der Waals surface area contributed by atoms with Crippen molar-refractivity contribution < 1.29 is 31.7 Å². The maximum atomic E-state index is 12.8. The Morgan fingerprint density at radius 3 is 2.44 bits per heavy atom. The van der Waals surface area contributed by atoms with Crippen molar-refractivity contribution in [2.24, 2.45) is 5.41 Å². The highest BCUT2D eigenvalue weighted by molar-refractivity contribution is 6.03. The normalized spacial score (nSPS) is 25.8. The van der Waals surface area contributed by atoms with E-state index in [9.17, 15) is 14.4 Å². The quantitative estimate of drug-likeness (QED) is 0.517. The average Bonchev–Trinajstić information content (AvgIpc) is 3.45. The van der Waals surface area contributed by atoms with Crippen molar-refractivity contribution in [2.45, 2.75) is 51.0 Å². The zero-order chi connectivity index (χ0) is 21.6. The molecule has 1 spiro atoms. The second-order valence-corrected chi connectivity index (χ2v) is 9.90. The van der Waals surface area contributed by atoms with Gasteiger partial charge in [0.2, 0.25) is 5.91 Å². The second-order valence-electron chi connectivity index (χ2n) is 9.90. The third kappa shape index (κ3) is 4.37. The van der Waals surface area contributed by atoms with E-state index in [1.807, 2.05) is 17.0 Å². The van der Waals surface area contributed by atoms with E-state index in [2.05, 4.69) is 10.2 Å². The van der Waals surface area contributed by atoms with Crippen LogP contribution in [0.25, 0.3) is 0 Å². The Balaban J connectivity index is 0.00000245. The first-order valence-corrected chi connectivity index (χ1v) is 11.8. The molecule has 174 valence electrons. The highest BCUT2D eigenvalue weighted by Crippen LogP contribution is 2.53. The number of amides is 3. The molecule has 0 aromatic heterocycles. The van der Waals surface area contributed by atoms with Gasteiger partial charge in [-0.1, -0.05) is 0 Å². The molecule has 1 aromatic carbocycles. The van der Waals surface area contributed by atoms with Crippen molar-refractivity contribution in [2.75, 3.05) is 44.7 Å². The van der Waals surface area contributed by atoms with Crippen molar-refractivity contribution in [1.29, 1.82) is 0 Å². The lowest BCUT2D eigenvalue weighted by Gasteiger charge is -2.36. The van der Waals surface area contributed by atoms with E-state index < -0.39 is 0 Å². The number of nitrogens with zero attached hydrogens (tertiary/aromatic N) is 2. The first-order valence-electron chi connectivity index (χ1n) is 11.8. The number of halogens is 1. The van der Waals surface area contributed by atoms with Gasteiger partial charge in [-0.05, 0) is 54.9 Å². The molecule has 1 aliphatic carbocycles. The Morgan fingerprint density at radius 2 is 1.81 bits per heavy atom. The summed E-state index contributed by atoms with van der Waals surface area (Å²) in [5, 5.41) is 2.64. The summed E-state index contributed by atoms with van der Waals surface area (Å²) in [6.45, 7) is 4.30. The number of fused-ring (bicyclic) bond motifs is 1. The monoisotopic (exact) mass is 460 g/mol. The van der Waals surface area contributed by atoms with Gasteiger partial charge in [-0.2, -0.15) is 0 Å². The standard InChI is InChI=1S/C24H32N4O3.ClH/c1-25-23(31)17-2-3-20-18(14-17)15-21(29)28(20)19-4-10-26(11-5-19)16-22(30)27-12-8-24(6-7-24)9-13-27;/h2-3,14,19H,4-13,15-16H2,1H3,(H,25,31);1H. The third-order valence-electron chi connectivity index (χ3n) is 8.00. The summed E-state index contributed by atoms with van der Waals surface area (Å²) in [5.74, 6) is 0.292. The summed E-state index contributed by atoms with van der Waals surface area (Å²) in [4.78, 5) is 42.8. The Morgan fingerprint density at radius 1 is 1.12 bits per heavy atom. The first kappa shape index (κ1) is 23.1. The van der Waals surface area contributed by atoms with E-state index in [0.717, 1.165) is 50.3 Å². The molecule has 1 saturated carbocycles. The molecule has 0 radical (unpaired) electrons. The lowest BCUT2D eigenvalue weighted by atomic mass is 9.93. The predicted molar refractivity (Wildman–Crippen MR) is 117 cm³/mol. The molecule has 5 rings (SSSR count). The predicted octanol–water partition coefficient (Wildman–Crippen LogP) is -2.61. The molecule has 2 N–H and O–H groups in total. The highest BCUT2D eigenvalue weighted by Gasteiger charge is 2.45. The minimum Gasteiger partial charge on any atom is -1.00 e. The Bertz CT molecular complexity index is 899. The van der Waals surface area contributed by atoms with Crippen LogP contribution in [0.3, 0.4) is 0 Å². The summed E-state index contributed by atoms with van der Waals surface area (Å²) in [7, 11) is 1.61. The van der Waals surface area contributed by atoms with E-state index in [1.54, 1.807) is 13.1 Å². The fourth-order valence-corrected chi connectivity index (χ4v) is 5.71. The van der Waals surface area contributed by atoms with Gasteiger partial charge in [0.15, 0.2) is 6.54 Å². The summed E-state index contributed by atoms with van der Waals surface area (Å²) in [6.07, 6.45) is 7.28. The van der Waals surface area contributed by atoms with Gasteiger partial charge in [0.25, 0.3) is 11.8 Å². The topological polar surface area (TPSA) is 74.2 Å². The Kier molecular flexibility index (Phi) is 6.50. The van der Waals surface area contributed by atoms with Gasteiger partial charge >= 0.3 is 0 Å². The maximum Gasteiger partial charge on any atom is 0.277 e. The lowest BCUT2D eigenvalue weighted by molar-refractivity contribution is -0.897. The summed E-state index contributed by atoms with van der Waals surface area (Å²) < 4.78 is 0. The van der Waals surface area contributed by atoms with Gasteiger partial charge < -0.3 is 32.4 Å². The fourth-order valence-electron chi connectivity index (χ4n) is 5.71. The van der Waals surface area contributed by atoms with Crippen LogP contribution in [0.5, 0.6) is 0 Å². The number of piperidine rings is 2. The van der Waals surface area contributed by atoms with Crippen LogP contribution < -0.4 is 27.5 Å². The zero-order valence-electron chi connectivity index (χ0n) is 18.8. The van der Waals surface area contributed by atoms with Crippen molar-refractivity contribution in [1.82, 2.24) is 10.2 Å². The number of hydrogen-bond acceptors (Lipinski definition) is 3. The van der Waals surface area contributed by atoms with Crippen LogP contribution in [-0.4, -0.2) is 68.4 Å². The molecule has 0 bridgehead atoms. The molecule has 2 saturated heterocycles. The molecule has 3 fully saturated rings. The van der Waals surface area contributed by atoms with Gasteiger partial charge in [-0.15, -0.1) is 0 Å². The van der Waals surface area contributed by atoms with Crippen LogP contribution in [0.2, 0.25) is 0 Å². The largest absolute Gasteiger partial charge is 1.00 e. The van der Waals surface area contributed by atoms with E-state index in [0.29, 0.717) is 29.9 Å². The first-order chi connectivity index (χ1) is 15.0. The molecule has 0 atom stereocenters. The zero-order valence-corrected chi connectivity index (χ0v) is 19.5. The SMILES string of the molecule is CNC(=O)c1ccc2c(c1)CC(=O)N2C1CC[NH+](CC(=O)N2CCC3(CC2)CC3)CC1.[Cl-]. The minimum absolute atomic E-state index is 0. The van der Waals surface area contributed by atoms with Gasteiger partial charge in [0, 0.05) is 50.3 Å². The molecule has 7 nitrogen and oxygen atoms in total. The van der Waals surface area contributed by atoms with Crippen LogP contribution in [0.4, 0.5) is 5.69 Å². The summed E-state index contributed by atoms with van der Waals surface area (Å²) >= 11 is 0. The van der Waals surface area contributed by atoms with E-state index in [-0.39, 0.29) is 30.3 Å². The number of carbonyl (C=O) groups excluding carboxylic acids is 3. The molecule has 3 amide bonds. The fraction of sp³-hybridized carbons (Fsp3) is 0.625.